The van der Waals surface area contributed by atoms with Crippen LogP contribution in [0, 0.1) is 6.92 Å². The third-order valence-corrected chi connectivity index (χ3v) is 5.35. The number of esters is 1. The number of aromatic nitrogens is 2. The van der Waals surface area contributed by atoms with E-state index in [2.05, 4.69) is 15.5 Å². The van der Waals surface area contributed by atoms with E-state index >= 15 is 0 Å². The number of thioether (sulfide) groups is 1. The molecule has 0 radical (unpaired) electrons. The van der Waals surface area contributed by atoms with Gasteiger partial charge in [0.05, 0.1) is 24.8 Å². The molecule has 0 bridgehead atoms. The fourth-order valence-corrected chi connectivity index (χ4v) is 3.61. The van der Waals surface area contributed by atoms with Gasteiger partial charge in [-0.2, -0.15) is 16.7 Å². The number of carbonyl (C=O) groups excluding carboxylic acids is 2. The number of carbonyl (C=O) groups is 2. The average Bonchev–Trinajstić information content (AvgIpc) is 3.14. The number of benzene rings is 1. The van der Waals surface area contributed by atoms with Gasteiger partial charge in [0.25, 0.3) is 11.8 Å². The van der Waals surface area contributed by atoms with Gasteiger partial charge in [0.15, 0.2) is 10.7 Å². The molecule has 0 spiro atoms. The second kappa shape index (κ2) is 10.4. The molecule has 1 aromatic heterocycles. The molecule has 0 saturated carbocycles. The molecule has 1 heterocycles. The normalized spacial score (nSPS) is 10.5. The van der Waals surface area contributed by atoms with Crippen LogP contribution >= 0.6 is 35.6 Å². The molecule has 2 aromatic rings. The quantitative estimate of drug-likeness (QED) is 0.250. The largest absolute Gasteiger partial charge is 0.507 e. The van der Waals surface area contributed by atoms with E-state index in [1.807, 2.05) is 0 Å². The number of hydrogen-bond donors (Lipinski definition) is 2. The number of rotatable bonds is 9. The first kappa shape index (κ1) is 22.9. The fraction of sp³-hybridized carbons (Fsp3) is 0.353. The Hall–Kier alpha value is -2.37. The molecule has 12 heteroatoms. The van der Waals surface area contributed by atoms with Gasteiger partial charge in [-0.25, -0.2) is 4.79 Å². The van der Waals surface area contributed by atoms with E-state index in [4.69, 9.17) is 37.8 Å². The summed E-state index contributed by atoms with van der Waals surface area (Å²) in [6.07, 6.45) is 0. The van der Waals surface area contributed by atoms with Crippen LogP contribution in [0.25, 0.3) is 0 Å². The van der Waals surface area contributed by atoms with Crippen molar-refractivity contribution in [2.45, 2.75) is 12.7 Å². The van der Waals surface area contributed by atoms with Crippen molar-refractivity contribution in [3.8, 4) is 11.5 Å². The van der Waals surface area contributed by atoms with Crippen molar-refractivity contribution >= 4 is 52.3 Å². The summed E-state index contributed by atoms with van der Waals surface area (Å²) < 4.78 is 14.7. The Morgan fingerprint density at radius 1 is 1.41 bits per heavy atom. The molecule has 2 rings (SSSR count). The van der Waals surface area contributed by atoms with Gasteiger partial charge in [-0.3, -0.25) is 4.79 Å². The highest BCUT2D eigenvalue weighted by Gasteiger charge is 2.23. The summed E-state index contributed by atoms with van der Waals surface area (Å²) in [6, 6.07) is 1.33. The van der Waals surface area contributed by atoms with Crippen LogP contribution in [0.1, 0.15) is 27.6 Å². The summed E-state index contributed by atoms with van der Waals surface area (Å²) in [5, 5.41) is 16.5. The first-order chi connectivity index (χ1) is 13.8. The lowest BCUT2D eigenvalue weighted by Crippen LogP contribution is -2.32. The van der Waals surface area contributed by atoms with Gasteiger partial charge in [0.2, 0.25) is 0 Å². The lowest BCUT2D eigenvalue weighted by Gasteiger charge is -2.14. The topological polar surface area (TPSA) is 124 Å². The summed E-state index contributed by atoms with van der Waals surface area (Å²) in [4.78, 5) is 27.9. The number of nitrogens with one attached hydrogen (secondary N) is 1. The Morgan fingerprint density at radius 2 is 2.14 bits per heavy atom. The monoisotopic (exact) mass is 459 g/mol. The van der Waals surface area contributed by atoms with Crippen molar-refractivity contribution < 1.29 is 28.7 Å². The summed E-state index contributed by atoms with van der Waals surface area (Å²) in [5.74, 6) is -0.0766. The maximum Gasteiger partial charge on any atom is 0.339 e. The van der Waals surface area contributed by atoms with E-state index in [1.165, 1.54) is 32.0 Å². The summed E-state index contributed by atoms with van der Waals surface area (Å²) in [6.45, 7) is 1.91. The molecular weight excluding hydrogens is 442 g/mol. The molecule has 1 amide bonds. The average molecular weight is 460 g/mol. The first-order valence-corrected chi connectivity index (χ1v) is 10.1. The van der Waals surface area contributed by atoms with Crippen molar-refractivity contribution in [1.29, 1.82) is 0 Å². The van der Waals surface area contributed by atoms with Crippen LogP contribution in [-0.4, -0.2) is 58.5 Å². The molecule has 0 saturated heterocycles. The Balaban J connectivity index is 1.95. The molecule has 9 nitrogen and oxygen atoms in total. The Labute approximate surface area is 181 Å². The second-order valence-electron chi connectivity index (χ2n) is 5.54. The zero-order chi connectivity index (χ0) is 21.6. The van der Waals surface area contributed by atoms with Gasteiger partial charge in [0.1, 0.15) is 11.5 Å². The Morgan fingerprint density at radius 3 is 2.72 bits per heavy atom. The summed E-state index contributed by atoms with van der Waals surface area (Å²) in [5.41, 5.74) is 0.353. The van der Waals surface area contributed by atoms with Crippen LogP contribution in [0.2, 0.25) is 5.02 Å². The molecule has 0 atom stereocenters. The van der Waals surface area contributed by atoms with E-state index in [-0.39, 0.29) is 45.1 Å². The summed E-state index contributed by atoms with van der Waals surface area (Å²) in [7, 11) is 2.59. The number of methoxy groups -OCH3 is 2. The maximum absolute atomic E-state index is 12.1. The fourth-order valence-electron chi connectivity index (χ4n) is 2.25. The molecule has 0 aliphatic heterocycles. The van der Waals surface area contributed by atoms with E-state index < -0.39 is 11.9 Å². The molecule has 2 N–H and O–H groups in total. The molecule has 0 fully saturated rings. The van der Waals surface area contributed by atoms with Crippen molar-refractivity contribution in [3.63, 3.8) is 0 Å². The highest BCUT2D eigenvalue weighted by molar-refractivity contribution is 7.98. The molecule has 29 heavy (non-hydrogen) atoms. The zero-order valence-corrected chi connectivity index (χ0v) is 18.2. The molecule has 0 aliphatic rings. The van der Waals surface area contributed by atoms with Crippen LogP contribution in [-0.2, 0) is 15.3 Å². The van der Waals surface area contributed by atoms with Gasteiger partial charge in [-0.15, -0.1) is 0 Å². The number of ether oxygens (including phenoxy) is 2. The number of phenolic OH excluding ortho intramolecular Hbond substituents is 1. The number of thiocarbonyl (C=S) groups is 1. The highest BCUT2D eigenvalue weighted by atomic mass is 35.5. The SMILES string of the molecule is COC(=O)c1c(Cl)c(OC)cc(O)c1CSCCNC(=O)C(=S)c1nc(C)no1. The zero-order valence-electron chi connectivity index (χ0n) is 15.8. The minimum absolute atomic E-state index is 0.0110. The van der Waals surface area contributed by atoms with Crippen molar-refractivity contribution in [2.75, 3.05) is 26.5 Å². The molecule has 156 valence electrons. The Bertz CT molecular complexity index is 934. The number of aromatic hydroxyl groups is 1. The van der Waals surface area contributed by atoms with Crippen LogP contribution in [0.5, 0.6) is 11.5 Å². The lowest BCUT2D eigenvalue weighted by molar-refractivity contribution is -0.114. The van der Waals surface area contributed by atoms with Crippen LogP contribution < -0.4 is 10.1 Å². The number of aryl methyl sites for hydroxylation is 1. The molecule has 0 aliphatic carbocycles. The number of amides is 1. The van der Waals surface area contributed by atoms with E-state index in [9.17, 15) is 14.7 Å². The predicted octanol–water partition coefficient (Wildman–Crippen LogP) is 2.30. The number of phenols is 1. The summed E-state index contributed by atoms with van der Waals surface area (Å²) >= 11 is 12.6. The standard InChI is InChI=1S/C17H18ClN3O6S2/c1-8-20-16(27-21-8)14(28)15(23)19-4-5-29-7-9-10(22)6-11(25-2)13(18)12(9)17(24)26-3/h6,22H,4-5,7H2,1-3H3,(H,19,23). The first-order valence-electron chi connectivity index (χ1n) is 8.17. The minimum atomic E-state index is -0.687. The minimum Gasteiger partial charge on any atom is -0.507 e. The van der Waals surface area contributed by atoms with Gasteiger partial charge in [-0.05, 0) is 6.92 Å². The van der Waals surface area contributed by atoms with E-state index in [0.29, 0.717) is 17.1 Å². The van der Waals surface area contributed by atoms with E-state index in [0.717, 1.165) is 0 Å². The van der Waals surface area contributed by atoms with Crippen molar-refractivity contribution in [3.05, 3.63) is 33.9 Å². The van der Waals surface area contributed by atoms with Crippen molar-refractivity contribution in [2.24, 2.45) is 0 Å². The molecule has 0 unspecified atom stereocenters. The number of halogens is 1. The van der Waals surface area contributed by atoms with Gasteiger partial charge in [-0.1, -0.05) is 29.0 Å². The second-order valence-corrected chi connectivity index (χ2v) is 7.43. The van der Waals surface area contributed by atoms with Gasteiger partial charge in [0, 0.05) is 29.7 Å². The third-order valence-electron chi connectivity index (χ3n) is 3.63. The van der Waals surface area contributed by atoms with Crippen LogP contribution in [0.4, 0.5) is 0 Å². The number of nitrogens with zero attached hydrogens (tertiary/aromatic N) is 2. The molecule has 1 aromatic carbocycles. The lowest BCUT2D eigenvalue weighted by atomic mass is 10.1. The Kier molecular flexibility index (Phi) is 8.23. The van der Waals surface area contributed by atoms with Crippen LogP contribution in [0.15, 0.2) is 10.6 Å². The smallest absolute Gasteiger partial charge is 0.339 e. The van der Waals surface area contributed by atoms with Crippen LogP contribution in [0.3, 0.4) is 0 Å². The van der Waals surface area contributed by atoms with Crippen molar-refractivity contribution in [1.82, 2.24) is 15.5 Å². The van der Waals surface area contributed by atoms with E-state index in [1.54, 1.807) is 6.92 Å². The maximum atomic E-state index is 12.1. The number of hydrogen-bond acceptors (Lipinski definition) is 10. The molecular formula is C17H18ClN3O6S2. The third kappa shape index (κ3) is 5.58. The predicted molar refractivity (Wildman–Crippen MR) is 111 cm³/mol. The highest BCUT2D eigenvalue weighted by Crippen LogP contribution is 2.38. The van der Waals surface area contributed by atoms with Gasteiger partial charge < -0.3 is 24.4 Å². The van der Waals surface area contributed by atoms with Gasteiger partial charge >= 0.3 is 5.97 Å².